The molecule has 0 aromatic carbocycles. The molecule has 1 atom stereocenters. The Labute approximate surface area is 103 Å². The fourth-order valence-electron chi connectivity index (χ4n) is 1.66. The molecule has 0 amide bonds. The Balaban J connectivity index is 2.69. The smallest absolute Gasteiger partial charge is 0.213 e. The number of piperidine rings is 1. The highest BCUT2D eigenvalue weighted by atomic mass is 32.2. The lowest BCUT2D eigenvalue weighted by atomic mass is 10.1. The van der Waals surface area contributed by atoms with Crippen molar-refractivity contribution in [2.75, 3.05) is 33.4 Å². The molecule has 0 aliphatic carbocycles. The van der Waals surface area contributed by atoms with E-state index < -0.39 is 20.2 Å². The van der Waals surface area contributed by atoms with E-state index in [1.807, 2.05) is 0 Å². The van der Waals surface area contributed by atoms with Crippen molar-refractivity contribution in [3.63, 3.8) is 0 Å². The van der Waals surface area contributed by atoms with Crippen LogP contribution in [0.3, 0.4) is 0 Å². The second-order valence-corrected chi connectivity index (χ2v) is 8.26. The van der Waals surface area contributed by atoms with Crippen molar-refractivity contribution < 1.29 is 16.8 Å². The van der Waals surface area contributed by atoms with Gasteiger partial charge in [0.1, 0.15) is 0 Å². The Morgan fingerprint density at radius 3 is 2.29 bits per heavy atom. The van der Waals surface area contributed by atoms with Gasteiger partial charge in [0, 0.05) is 33.2 Å². The van der Waals surface area contributed by atoms with Crippen LogP contribution in [0.4, 0.5) is 0 Å². The van der Waals surface area contributed by atoms with E-state index in [1.165, 1.54) is 18.4 Å². The van der Waals surface area contributed by atoms with Crippen molar-refractivity contribution in [1.29, 1.82) is 0 Å². The van der Waals surface area contributed by atoms with E-state index >= 15 is 0 Å². The number of hydrogen-bond acceptors (Lipinski definition) is 4. The van der Waals surface area contributed by atoms with Gasteiger partial charge in [-0.1, -0.05) is 0 Å². The molecule has 0 aromatic rings. The fraction of sp³-hybridized carbons (Fsp3) is 1.00. The minimum atomic E-state index is -3.50. The molecule has 102 valence electrons. The lowest BCUT2D eigenvalue weighted by Crippen LogP contribution is -2.51. The van der Waals surface area contributed by atoms with E-state index in [1.54, 1.807) is 0 Å². The first-order valence-electron chi connectivity index (χ1n) is 5.28. The second-order valence-electron chi connectivity index (χ2n) is 4.37. The summed E-state index contributed by atoms with van der Waals surface area (Å²) in [7, 11) is -3.89. The van der Waals surface area contributed by atoms with Crippen LogP contribution < -0.4 is 4.72 Å². The van der Waals surface area contributed by atoms with E-state index in [0.29, 0.717) is 19.4 Å². The van der Waals surface area contributed by atoms with Gasteiger partial charge in [-0.05, 0) is 12.8 Å². The molecule has 1 fully saturated rings. The van der Waals surface area contributed by atoms with Crippen molar-refractivity contribution in [3.8, 4) is 0 Å². The molecule has 1 aliphatic heterocycles. The molecule has 0 spiro atoms. The van der Waals surface area contributed by atoms with E-state index in [2.05, 4.69) is 4.72 Å². The third-order valence-electron chi connectivity index (χ3n) is 2.65. The lowest BCUT2D eigenvalue weighted by Gasteiger charge is -2.31. The fourth-order valence-corrected chi connectivity index (χ4v) is 3.39. The highest BCUT2D eigenvalue weighted by Gasteiger charge is 2.29. The van der Waals surface area contributed by atoms with Crippen LogP contribution in [0.5, 0.6) is 0 Å². The van der Waals surface area contributed by atoms with Gasteiger partial charge in [0.05, 0.1) is 6.26 Å². The predicted molar refractivity (Wildman–Crippen MR) is 65.2 cm³/mol. The standard InChI is InChI=1S/C8H19N3O4S2/c1-10(2)17(14,15)9-8-5-4-6-11(7-8)16(3,12)13/h8-9H,4-7H2,1-3H3. The van der Waals surface area contributed by atoms with Gasteiger partial charge in [-0.15, -0.1) is 0 Å². The predicted octanol–water partition coefficient (Wildman–Crippen LogP) is -1.19. The minimum Gasteiger partial charge on any atom is -0.213 e. The second kappa shape index (κ2) is 5.19. The van der Waals surface area contributed by atoms with Gasteiger partial charge in [-0.2, -0.15) is 17.4 Å². The zero-order valence-corrected chi connectivity index (χ0v) is 11.9. The molecular formula is C8H19N3O4S2. The third-order valence-corrected chi connectivity index (χ3v) is 5.51. The largest absolute Gasteiger partial charge is 0.279 e. The molecule has 0 saturated carbocycles. The SMILES string of the molecule is CN(C)S(=O)(=O)NC1CCCN(S(C)(=O)=O)C1. The van der Waals surface area contributed by atoms with E-state index in [-0.39, 0.29) is 12.6 Å². The number of sulfonamides is 1. The summed E-state index contributed by atoms with van der Waals surface area (Å²) >= 11 is 0. The molecule has 1 heterocycles. The summed E-state index contributed by atoms with van der Waals surface area (Å²) < 4.78 is 50.8. The van der Waals surface area contributed by atoms with Crippen LogP contribution in [-0.4, -0.2) is 64.9 Å². The number of nitrogens with zero attached hydrogens (tertiary/aromatic N) is 2. The van der Waals surface area contributed by atoms with Gasteiger partial charge in [-0.3, -0.25) is 0 Å². The summed E-state index contributed by atoms with van der Waals surface area (Å²) in [5.41, 5.74) is 0. The normalized spacial score (nSPS) is 24.1. The Morgan fingerprint density at radius 2 is 1.82 bits per heavy atom. The first-order valence-corrected chi connectivity index (χ1v) is 8.56. The third kappa shape index (κ3) is 4.18. The Morgan fingerprint density at radius 1 is 1.24 bits per heavy atom. The average molecular weight is 285 g/mol. The van der Waals surface area contributed by atoms with Crippen molar-refractivity contribution in [2.24, 2.45) is 0 Å². The first-order chi connectivity index (χ1) is 7.63. The van der Waals surface area contributed by atoms with Crippen molar-refractivity contribution in [3.05, 3.63) is 0 Å². The summed E-state index contributed by atoms with van der Waals surface area (Å²) in [6.07, 6.45) is 2.45. The van der Waals surface area contributed by atoms with Gasteiger partial charge < -0.3 is 0 Å². The maximum absolute atomic E-state index is 11.6. The highest BCUT2D eigenvalue weighted by molar-refractivity contribution is 7.88. The number of hydrogen-bond donors (Lipinski definition) is 1. The summed E-state index contributed by atoms with van der Waals surface area (Å²) in [6, 6.07) is -0.356. The van der Waals surface area contributed by atoms with Gasteiger partial charge in [-0.25, -0.2) is 12.7 Å². The molecule has 1 unspecified atom stereocenters. The molecule has 9 heteroatoms. The molecule has 1 N–H and O–H groups in total. The van der Waals surface area contributed by atoms with E-state index in [9.17, 15) is 16.8 Å². The maximum Gasteiger partial charge on any atom is 0.279 e. The molecule has 0 radical (unpaired) electrons. The van der Waals surface area contributed by atoms with Crippen molar-refractivity contribution in [1.82, 2.24) is 13.3 Å². The summed E-state index contributed by atoms with van der Waals surface area (Å²) in [5.74, 6) is 0. The zero-order valence-electron chi connectivity index (χ0n) is 10.2. The summed E-state index contributed by atoms with van der Waals surface area (Å²) in [6.45, 7) is 0.658. The Kier molecular flexibility index (Phi) is 4.53. The molecule has 7 nitrogen and oxygen atoms in total. The molecule has 17 heavy (non-hydrogen) atoms. The average Bonchev–Trinajstić information content (AvgIpc) is 2.15. The molecule has 1 aliphatic rings. The van der Waals surface area contributed by atoms with Crippen molar-refractivity contribution >= 4 is 20.2 Å². The lowest BCUT2D eigenvalue weighted by molar-refractivity contribution is 0.302. The Bertz CT molecular complexity index is 457. The molecular weight excluding hydrogens is 266 g/mol. The molecule has 0 bridgehead atoms. The summed E-state index contributed by atoms with van der Waals surface area (Å²) in [4.78, 5) is 0. The van der Waals surface area contributed by atoms with Crippen LogP contribution in [0.15, 0.2) is 0 Å². The number of nitrogens with one attached hydrogen (secondary N) is 1. The highest BCUT2D eigenvalue weighted by Crippen LogP contribution is 2.14. The molecule has 1 rings (SSSR count). The quantitative estimate of drug-likeness (QED) is 0.703. The minimum absolute atomic E-state index is 0.200. The van der Waals surface area contributed by atoms with Crippen LogP contribution in [-0.2, 0) is 20.2 Å². The number of rotatable bonds is 4. The van der Waals surface area contributed by atoms with Gasteiger partial charge in [0.2, 0.25) is 10.0 Å². The zero-order chi connectivity index (χ0) is 13.3. The summed E-state index contributed by atoms with van der Waals surface area (Å²) in [5, 5.41) is 0. The van der Waals surface area contributed by atoms with E-state index in [4.69, 9.17) is 0 Å². The van der Waals surface area contributed by atoms with Crippen LogP contribution in [0.25, 0.3) is 0 Å². The van der Waals surface area contributed by atoms with Crippen LogP contribution >= 0.6 is 0 Å². The maximum atomic E-state index is 11.6. The Hall–Kier alpha value is -0.220. The van der Waals surface area contributed by atoms with Crippen LogP contribution in [0.2, 0.25) is 0 Å². The van der Waals surface area contributed by atoms with Crippen LogP contribution in [0.1, 0.15) is 12.8 Å². The molecule has 0 aromatic heterocycles. The van der Waals surface area contributed by atoms with Crippen LogP contribution in [0, 0.1) is 0 Å². The van der Waals surface area contributed by atoms with E-state index in [0.717, 1.165) is 10.6 Å². The monoisotopic (exact) mass is 285 g/mol. The van der Waals surface area contributed by atoms with Crippen molar-refractivity contribution in [2.45, 2.75) is 18.9 Å². The van der Waals surface area contributed by atoms with Gasteiger partial charge in [0.15, 0.2) is 0 Å². The first kappa shape index (κ1) is 14.8. The molecule has 1 saturated heterocycles. The van der Waals surface area contributed by atoms with Gasteiger partial charge >= 0.3 is 0 Å². The van der Waals surface area contributed by atoms with Gasteiger partial charge in [0.25, 0.3) is 10.2 Å². The topological polar surface area (TPSA) is 86.8 Å².